The van der Waals surface area contributed by atoms with Gasteiger partial charge in [-0.3, -0.25) is 9.59 Å². The third-order valence-corrected chi connectivity index (χ3v) is 3.19. The van der Waals surface area contributed by atoms with Crippen LogP contribution in [0.25, 0.3) is 0 Å². The second-order valence-electron chi connectivity index (χ2n) is 4.70. The minimum absolute atomic E-state index is 0.184. The van der Waals surface area contributed by atoms with Gasteiger partial charge in [0.05, 0.1) is 17.8 Å². The molecule has 0 bridgehead atoms. The molecule has 1 heterocycles. The van der Waals surface area contributed by atoms with E-state index in [-0.39, 0.29) is 23.8 Å². The summed E-state index contributed by atoms with van der Waals surface area (Å²) in [6, 6.07) is 4.74. The van der Waals surface area contributed by atoms with E-state index in [1.807, 2.05) is 0 Å². The van der Waals surface area contributed by atoms with E-state index in [4.69, 9.17) is 14.6 Å². The first-order valence-electron chi connectivity index (χ1n) is 6.58. The topological polar surface area (TPSA) is 114 Å². The third-order valence-electron chi connectivity index (χ3n) is 3.19. The first-order valence-corrected chi connectivity index (χ1v) is 6.58. The summed E-state index contributed by atoms with van der Waals surface area (Å²) in [6.07, 6.45) is -1.85. The van der Waals surface area contributed by atoms with E-state index >= 15 is 0 Å². The summed E-state index contributed by atoms with van der Waals surface area (Å²) in [5, 5.41) is 14.0. The molecule has 1 aliphatic rings. The van der Waals surface area contributed by atoms with E-state index < -0.39 is 24.1 Å². The molecule has 2 amide bonds. The number of nitrogens with one attached hydrogen (secondary N) is 2. The van der Waals surface area contributed by atoms with Gasteiger partial charge < -0.3 is 25.2 Å². The molecule has 2 rings (SSSR count). The molecule has 1 aliphatic heterocycles. The van der Waals surface area contributed by atoms with Crippen molar-refractivity contribution < 1.29 is 29.0 Å². The van der Waals surface area contributed by atoms with Crippen molar-refractivity contribution in [3.63, 3.8) is 0 Å². The highest BCUT2D eigenvalue weighted by atomic mass is 16.5. The summed E-state index contributed by atoms with van der Waals surface area (Å²) in [5.74, 6) is -1.72. The molecule has 0 radical (unpaired) electrons. The number of carboxylic acids is 1. The second-order valence-corrected chi connectivity index (χ2v) is 4.70. The maximum Gasteiger partial charge on any atom is 0.334 e. The Kier molecular flexibility index (Phi) is 4.62. The van der Waals surface area contributed by atoms with Crippen LogP contribution < -0.4 is 15.4 Å². The van der Waals surface area contributed by atoms with Gasteiger partial charge in [0.25, 0.3) is 11.8 Å². The number of benzene rings is 1. The lowest BCUT2D eigenvalue weighted by Crippen LogP contribution is -2.39. The SMILES string of the molecule is COC(CNC(=O)c1cccc2c1OC(C)C(=O)N2)C(=O)O. The molecule has 22 heavy (non-hydrogen) atoms. The lowest BCUT2D eigenvalue weighted by atomic mass is 10.1. The Bertz CT molecular complexity index is 615. The summed E-state index contributed by atoms with van der Waals surface area (Å²) in [5.41, 5.74) is 0.613. The molecular formula is C14H16N2O6. The zero-order chi connectivity index (χ0) is 16.3. The Morgan fingerprint density at radius 2 is 2.23 bits per heavy atom. The molecule has 0 spiro atoms. The van der Waals surface area contributed by atoms with Gasteiger partial charge in [-0.25, -0.2) is 4.79 Å². The Balaban J connectivity index is 2.16. The number of amides is 2. The Hall–Kier alpha value is -2.61. The number of hydrogen-bond donors (Lipinski definition) is 3. The fourth-order valence-corrected chi connectivity index (χ4v) is 1.96. The molecule has 8 heteroatoms. The zero-order valence-corrected chi connectivity index (χ0v) is 12.1. The van der Waals surface area contributed by atoms with Gasteiger partial charge in [-0.1, -0.05) is 6.07 Å². The minimum Gasteiger partial charge on any atom is -0.479 e. The van der Waals surface area contributed by atoms with E-state index in [2.05, 4.69) is 10.6 Å². The molecule has 2 atom stereocenters. The first-order chi connectivity index (χ1) is 10.4. The van der Waals surface area contributed by atoms with Crippen LogP contribution in [0.1, 0.15) is 17.3 Å². The summed E-state index contributed by atoms with van der Waals surface area (Å²) in [7, 11) is 1.25. The molecule has 2 unspecified atom stereocenters. The van der Waals surface area contributed by atoms with Crippen molar-refractivity contribution in [1.29, 1.82) is 0 Å². The van der Waals surface area contributed by atoms with Crippen LogP contribution in [0.5, 0.6) is 5.75 Å². The van der Waals surface area contributed by atoms with Crippen molar-refractivity contribution in [2.75, 3.05) is 19.0 Å². The number of carbonyl (C=O) groups is 3. The fraction of sp³-hybridized carbons (Fsp3) is 0.357. The van der Waals surface area contributed by atoms with Crippen molar-refractivity contribution in [3.8, 4) is 5.75 Å². The molecule has 0 aliphatic carbocycles. The molecule has 1 aromatic rings. The van der Waals surface area contributed by atoms with Crippen LogP contribution in [0.2, 0.25) is 0 Å². The number of hydrogen-bond acceptors (Lipinski definition) is 5. The highest BCUT2D eigenvalue weighted by Crippen LogP contribution is 2.33. The van der Waals surface area contributed by atoms with Gasteiger partial charge in [-0.05, 0) is 19.1 Å². The van der Waals surface area contributed by atoms with Gasteiger partial charge in [-0.15, -0.1) is 0 Å². The number of anilines is 1. The lowest BCUT2D eigenvalue weighted by Gasteiger charge is -2.25. The van der Waals surface area contributed by atoms with Crippen LogP contribution >= 0.6 is 0 Å². The van der Waals surface area contributed by atoms with Gasteiger partial charge in [-0.2, -0.15) is 0 Å². The third kappa shape index (κ3) is 3.17. The van der Waals surface area contributed by atoms with E-state index in [0.29, 0.717) is 5.69 Å². The zero-order valence-electron chi connectivity index (χ0n) is 12.1. The Morgan fingerprint density at radius 1 is 1.50 bits per heavy atom. The number of carboxylic acid groups (broad SMARTS) is 1. The number of fused-ring (bicyclic) bond motifs is 1. The molecular weight excluding hydrogens is 292 g/mol. The predicted molar refractivity (Wildman–Crippen MR) is 75.9 cm³/mol. The molecule has 0 saturated carbocycles. The van der Waals surface area contributed by atoms with Crippen LogP contribution in [-0.2, 0) is 14.3 Å². The molecule has 3 N–H and O–H groups in total. The summed E-state index contributed by atoms with van der Waals surface area (Å²) in [4.78, 5) is 34.6. The predicted octanol–water partition coefficient (Wildman–Crippen LogP) is 0.235. The van der Waals surface area contributed by atoms with Gasteiger partial charge in [0.15, 0.2) is 18.0 Å². The van der Waals surface area contributed by atoms with Crippen molar-refractivity contribution in [3.05, 3.63) is 23.8 Å². The summed E-state index contributed by atoms with van der Waals surface area (Å²) in [6.45, 7) is 1.38. The van der Waals surface area contributed by atoms with Crippen LogP contribution in [0, 0.1) is 0 Å². The number of carbonyl (C=O) groups excluding carboxylic acids is 2. The van der Waals surface area contributed by atoms with E-state index in [9.17, 15) is 14.4 Å². The maximum absolute atomic E-state index is 12.2. The standard InChI is InChI=1S/C14H16N2O6/c1-7-12(17)16-9-5-3-4-8(11(9)22-7)13(18)15-6-10(21-2)14(19)20/h3-5,7,10H,6H2,1-2H3,(H,15,18)(H,16,17)(H,19,20). The maximum atomic E-state index is 12.2. The smallest absolute Gasteiger partial charge is 0.334 e. The summed E-state index contributed by atoms with van der Waals surface area (Å²) < 4.78 is 10.2. The van der Waals surface area contributed by atoms with Gasteiger partial charge in [0.2, 0.25) is 0 Å². The van der Waals surface area contributed by atoms with Gasteiger partial charge in [0, 0.05) is 7.11 Å². The fourth-order valence-electron chi connectivity index (χ4n) is 1.96. The highest BCUT2D eigenvalue weighted by Gasteiger charge is 2.28. The molecule has 8 nitrogen and oxygen atoms in total. The largest absolute Gasteiger partial charge is 0.479 e. The Morgan fingerprint density at radius 3 is 2.86 bits per heavy atom. The molecule has 0 fully saturated rings. The van der Waals surface area contributed by atoms with Crippen molar-refractivity contribution in [2.24, 2.45) is 0 Å². The van der Waals surface area contributed by atoms with Crippen molar-refractivity contribution in [2.45, 2.75) is 19.1 Å². The lowest BCUT2D eigenvalue weighted by molar-refractivity contribution is -0.148. The molecule has 118 valence electrons. The van der Waals surface area contributed by atoms with Gasteiger partial charge in [0.1, 0.15) is 0 Å². The quantitative estimate of drug-likeness (QED) is 0.718. The highest BCUT2D eigenvalue weighted by molar-refractivity contribution is 6.04. The Labute approximate surface area is 126 Å². The summed E-state index contributed by atoms with van der Waals surface area (Å²) >= 11 is 0. The second kappa shape index (κ2) is 6.44. The number of para-hydroxylation sites is 1. The van der Waals surface area contributed by atoms with Crippen LogP contribution in [-0.4, -0.2) is 48.8 Å². The van der Waals surface area contributed by atoms with Crippen molar-refractivity contribution >= 4 is 23.5 Å². The van der Waals surface area contributed by atoms with Crippen LogP contribution in [0.4, 0.5) is 5.69 Å². The number of aliphatic carboxylic acids is 1. The number of methoxy groups -OCH3 is 1. The monoisotopic (exact) mass is 308 g/mol. The van der Waals surface area contributed by atoms with Crippen molar-refractivity contribution in [1.82, 2.24) is 5.32 Å². The van der Waals surface area contributed by atoms with E-state index in [1.54, 1.807) is 19.1 Å². The van der Waals surface area contributed by atoms with E-state index in [0.717, 1.165) is 0 Å². The van der Waals surface area contributed by atoms with Crippen LogP contribution in [0.15, 0.2) is 18.2 Å². The average molecular weight is 308 g/mol. The molecule has 0 saturated heterocycles. The molecule has 0 aromatic heterocycles. The molecule has 1 aromatic carbocycles. The number of rotatable bonds is 5. The number of ether oxygens (including phenoxy) is 2. The average Bonchev–Trinajstić information content (AvgIpc) is 2.48. The first kappa shape index (κ1) is 15.8. The minimum atomic E-state index is -1.17. The van der Waals surface area contributed by atoms with Gasteiger partial charge >= 0.3 is 5.97 Å². The van der Waals surface area contributed by atoms with Crippen LogP contribution in [0.3, 0.4) is 0 Å². The normalized spacial score (nSPS) is 17.7. The van der Waals surface area contributed by atoms with E-state index in [1.165, 1.54) is 13.2 Å².